The maximum absolute atomic E-state index is 7.25. The molecule has 0 aliphatic rings. The summed E-state index contributed by atoms with van der Waals surface area (Å²) >= 11 is 0. The monoisotopic (exact) mass is 766 g/mol. The predicted molar refractivity (Wildman–Crippen MR) is 183 cm³/mol. The molecule has 9 rings (SSSR count). The first kappa shape index (κ1) is 29.1. The van der Waals surface area contributed by atoms with Crippen LogP contribution in [0.4, 0.5) is 5.69 Å². The molecule has 0 fully saturated rings. The summed E-state index contributed by atoms with van der Waals surface area (Å²) < 4.78 is 6.36. The van der Waals surface area contributed by atoms with Gasteiger partial charge in [-0.3, -0.25) is 0 Å². The molecule has 1 radical (unpaired) electrons. The summed E-state index contributed by atoms with van der Waals surface area (Å²) in [6.07, 6.45) is 3.60. The summed E-state index contributed by atoms with van der Waals surface area (Å²) in [4.78, 5) is 12.5. The van der Waals surface area contributed by atoms with Crippen molar-refractivity contribution in [2.24, 2.45) is 0 Å². The van der Waals surface area contributed by atoms with Crippen LogP contribution in [0.3, 0.4) is 0 Å². The van der Waals surface area contributed by atoms with Gasteiger partial charge in [0.05, 0.1) is 12.2 Å². The van der Waals surface area contributed by atoms with E-state index in [0.717, 1.165) is 66.0 Å². The van der Waals surface area contributed by atoms with Crippen molar-refractivity contribution in [3.8, 4) is 22.4 Å². The molecule has 0 aliphatic carbocycles. The smallest absolute Gasteiger partial charge is 0.187 e. The molecule has 0 spiro atoms. The van der Waals surface area contributed by atoms with E-state index in [9.17, 15) is 0 Å². The summed E-state index contributed by atoms with van der Waals surface area (Å²) in [5.41, 5.74) is 7.24. The van der Waals surface area contributed by atoms with Gasteiger partial charge < -0.3 is 14.4 Å². The number of hydrogen-bond acceptors (Lipinski definition) is 3. The number of hydrogen-bond donors (Lipinski definition) is 0. The van der Waals surface area contributed by atoms with Gasteiger partial charge in [0.2, 0.25) is 0 Å². The number of benzene rings is 6. The van der Waals surface area contributed by atoms with Crippen molar-refractivity contribution in [1.82, 2.24) is 9.97 Å². The second-order valence-electron chi connectivity index (χ2n) is 10.7. The first-order chi connectivity index (χ1) is 22.3. The van der Waals surface area contributed by atoms with E-state index in [1.165, 1.54) is 10.8 Å². The first-order valence-corrected chi connectivity index (χ1v) is 14.6. The molecule has 3 heterocycles. The Labute approximate surface area is 279 Å². The first-order valence-electron chi connectivity index (χ1n) is 14.6. The van der Waals surface area contributed by atoms with E-state index in [4.69, 9.17) is 11.0 Å². The van der Waals surface area contributed by atoms with E-state index in [0.29, 0.717) is 5.69 Å². The van der Waals surface area contributed by atoms with Crippen molar-refractivity contribution < 1.29 is 24.5 Å². The van der Waals surface area contributed by atoms with Crippen LogP contribution >= 0.6 is 0 Å². The Bertz CT molecular complexity index is 2510. The van der Waals surface area contributed by atoms with Crippen LogP contribution in [0.1, 0.15) is 0 Å². The molecule has 219 valence electrons. The van der Waals surface area contributed by atoms with Crippen LogP contribution in [-0.2, 0) is 20.1 Å². The molecule has 0 saturated carbocycles. The third kappa shape index (κ3) is 5.21. The number of para-hydroxylation sites is 1. The Morgan fingerprint density at radius 3 is 2.41 bits per heavy atom. The molecule has 5 heteroatoms. The summed E-state index contributed by atoms with van der Waals surface area (Å²) in [5, 5.41) is 7.56. The summed E-state index contributed by atoms with van der Waals surface area (Å²) in [6.45, 7) is 7.25. The van der Waals surface area contributed by atoms with Crippen LogP contribution in [0.15, 0.2) is 144 Å². The Kier molecular flexibility index (Phi) is 7.83. The van der Waals surface area contributed by atoms with Gasteiger partial charge in [-0.2, -0.15) is 0 Å². The fourth-order valence-electron chi connectivity index (χ4n) is 5.90. The quantitative estimate of drug-likeness (QED) is 0.130. The van der Waals surface area contributed by atoms with Crippen LogP contribution in [0.2, 0.25) is 0 Å². The van der Waals surface area contributed by atoms with Gasteiger partial charge in [0.15, 0.2) is 5.69 Å². The zero-order valence-corrected chi connectivity index (χ0v) is 26.8. The average Bonchev–Trinajstić information content (AvgIpc) is 3.50. The van der Waals surface area contributed by atoms with Crippen molar-refractivity contribution in [2.75, 3.05) is 0 Å². The predicted octanol–water partition coefficient (Wildman–Crippen LogP) is 11.0. The second kappa shape index (κ2) is 12.4. The van der Waals surface area contributed by atoms with Crippen LogP contribution in [0.25, 0.3) is 81.6 Å². The molecule has 0 aliphatic heterocycles. The molecule has 4 nitrogen and oxygen atoms in total. The maximum atomic E-state index is 7.25. The second-order valence-corrected chi connectivity index (χ2v) is 10.7. The third-order valence-electron chi connectivity index (χ3n) is 8.05. The maximum Gasteiger partial charge on any atom is 0.187 e. The van der Waals surface area contributed by atoms with Crippen molar-refractivity contribution in [2.45, 2.75) is 0 Å². The van der Waals surface area contributed by atoms with Crippen molar-refractivity contribution in [3.05, 3.63) is 163 Å². The van der Waals surface area contributed by atoms with Gasteiger partial charge in [-0.1, -0.05) is 90.3 Å². The molecule has 0 N–H and O–H groups in total. The summed E-state index contributed by atoms with van der Waals surface area (Å²) in [7, 11) is 0. The van der Waals surface area contributed by atoms with Gasteiger partial charge in [0.25, 0.3) is 0 Å². The van der Waals surface area contributed by atoms with Gasteiger partial charge in [-0.15, -0.1) is 52.7 Å². The Hall–Kier alpha value is -5.66. The molecular formula is C41H23IrN3O-2. The number of furan rings is 1. The molecule has 6 aromatic carbocycles. The van der Waals surface area contributed by atoms with Gasteiger partial charge in [-0.25, -0.2) is 4.85 Å². The summed E-state index contributed by atoms with van der Waals surface area (Å²) in [6, 6.07) is 49.0. The molecule has 0 saturated heterocycles. The van der Waals surface area contributed by atoms with Crippen LogP contribution < -0.4 is 0 Å². The molecule has 3 aromatic heterocycles. The van der Waals surface area contributed by atoms with Gasteiger partial charge in [0, 0.05) is 38.1 Å². The minimum atomic E-state index is 0. The number of fused-ring (bicyclic) bond motifs is 7. The Morgan fingerprint density at radius 2 is 1.52 bits per heavy atom. The van der Waals surface area contributed by atoms with Gasteiger partial charge in [0.1, 0.15) is 5.58 Å². The van der Waals surface area contributed by atoms with Crippen molar-refractivity contribution in [3.63, 3.8) is 0 Å². The van der Waals surface area contributed by atoms with Crippen LogP contribution in [0, 0.1) is 18.7 Å². The van der Waals surface area contributed by atoms with Crippen molar-refractivity contribution in [1.29, 1.82) is 0 Å². The fourth-order valence-corrected chi connectivity index (χ4v) is 5.90. The van der Waals surface area contributed by atoms with Crippen LogP contribution in [0.5, 0.6) is 0 Å². The zero-order chi connectivity index (χ0) is 30.2. The molecule has 0 bridgehead atoms. The third-order valence-corrected chi connectivity index (χ3v) is 8.05. The average molecular weight is 766 g/mol. The molecule has 46 heavy (non-hydrogen) atoms. The van der Waals surface area contributed by atoms with E-state index in [-0.39, 0.29) is 20.1 Å². The molecule has 9 aromatic rings. The van der Waals surface area contributed by atoms with E-state index >= 15 is 0 Å². The molecule has 0 amide bonds. The minimum absolute atomic E-state index is 0. The largest absolute Gasteiger partial charge is 0.476 e. The van der Waals surface area contributed by atoms with E-state index in [2.05, 4.69) is 81.5 Å². The zero-order valence-electron chi connectivity index (χ0n) is 24.4. The number of pyridine rings is 2. The van der Waals surface area contributed by atoms with Crippen molar-refractivity contribution >= 4 is 60.1 Å². The Balaban J connectivity index is 0.000000188. The van der Waals surface area contributed by atoms with Crippen LogP contribution in [-0.4, -0.2) is 9.97 Å². The van der Waals surface area contributed by atoms with E-state index in [1.807, 2.05) is 79.0 Å². The van der Waals surface area contributed by atoms with Gasteiger partial charge >= 0.3 is 0 Å². The van der Waals surface area contributed by atoms with E-state index < -0.39 is 0 Å². The number of nitrogens with zero attached hydrogens (tertiary/aromatic N) is 3. The van der Waals surface area contributed by atoms with E-state index in [1.54, 1.807) is 6.20 Å². The number of aromatic nitrogens is 2. The summed E-state index contributed by atoms with van der Waals surface area (Å²) in [5.74, 6) is 0. The Morgan fingerprint density at radius 1 is 0.652 bits per heavy atom. The normalized spacial score (nSPS) is 10.8. The molecular weight excluding hydrogens is 743 g/mol. The minimum Gasteiger partial charge on any atom is -0.476 e. The molecule has 0 atom stereocenters. The van der Waals surface area contributed by atoms with Gasteiger partial charge in [-0.05, 0) is 56.5 Å². The SMILES string of the molecule is [C-]#[N+]c1ccc2c(-c3[c-]cc4c(c3)oc3c(-c5ccccc5)cccc34)nccc2c1.[Ir].[c-]1cccc2ccc3cccnc3c12. The topological polar surface area (TPSA) is 43.3 Å². The number of rotatable bonds is 2. The molecule has 0 unspecified atom stereocenters. The fraction of sp³-hybridized carbons (Fsp3) is 0. The standard InChI is InChI=1S/C28H15N2O.C13H8N.Ir/c1-29-21-11-13-22-19(16-21)14-15-30-27(22)20-10-12-24-25-9-5-8-23(18-6-3-2-4-7-18)28(25)31-26(24)17-20;1-2-6-12-10(4-1)7-8-11-5-3-9-14-13(11)12;/h2-9,11-17H;1-5,7-9H;/q2*-1;.